The van der Waals surface area contributed by atoms with Crippen molar-refractivity contribution in [3.63, 3.8) is 0 Å². The third-order valence-electron chi connectivity index (χ3n) is 5.14. The van der Waals surface area contributed by atoms with Crippen molar-refractivity contribution in [2.45, 2.75) is 18.2 Å². The minimum atomic E-state index is -0.580. The zero-order valence-corrected chi connectivity index (χ0v) is 18.5. The molecule has 0 unspecified atom stereocenters. The molecular formula is C23H24N5O2S+. The molecule has 1 amide bonds. The summed E-state index contributed by atoms with van der Waals surface area (Å²) >= 11 is 1.39. The predicted octanol–water partition coefficient (Wildman–Crippen LogP) is 2.98. The highest BCUT2D eigenvalue weighted by Crippen LogP contribution is 2.37. The molecule has 4 rings (SSSR count). The summed E-state index contributed by atoms with van der Waals surface area (Å²) in [5, 5.41) is 5.21. The van der Waals surface area contributed by atoms with Crippen LogP contribution in [-0.4, -0.2) is 35.8 Å². The number of nitrogens with zero attached hydrogens (tertiary/aromatic N) is 4. The van der Waals surface area contributed by atoms with E-state index in [2.05, 4.69) is 11.6 Å². The smallest absolute Gasteiger partial charge is 0.325 e. The molecule has 1 atom stereocenters. The number of benzene rings is 2. The van der Waals surface area contributed by atoms with Gasteiger partial charge < -0.3 is 4.90 Å². The van der Waals surface area contributed by atoms with Gasteiger partial charge in [-0.3, -0.25) is 14.6 Å². The number of amides is 1. The molecule has 1 aliphatic heterocycles. The highest BCUT2D eigenvalue weighted by atomic mass is 32.2. The van der Waals surface area contributed by atoms with E-state index < -0.39 is 6.17 Å². The highest BCUT2D eigenvalue weighted by Gasteiger charge is 2.44. The number of thioether (sulfide) groups is 1. The Morgan fingerprint density at radius 1 is 1.26 bits per heavy atom. The Morgan fingerprint density at radius 3 is 2.61 bits per heavy atom. The van der Waals surface area contributed by atoms with Gasteiger partial charge in [0.2, 0.25) is 11.1 Å². The average molecular weight is 435 g/mol. The van der Waals surface area contributed by atoms with Crippen LogP contribution >= 0.6 is 11.8 Å². The van der Waals surface area contributed by atoms with E-state index in [1.54, 1.807) is 15.7 Å². The lowest BCUT2D eigenvalue weighted by Gasteiger charge is -2.31. The van der Waals surface area contributed by atoms with Crippen LogP contribution in [0.15, 0.2) is 71.1 Å². The van der Waals surface area contributed by atoms with Crippen LogP contribution in [0.4, 0.5) is 11.4 Å². The van der Waals surface area contributed by atoms with Crippen molar-refractivity contribution in [3.8, 4) is 11.3 Å². The van der Waals surface area contributed by atoms with Gasteiger partial charge in [0.25, 0.3) is 6.17 Å². The summed E-state index contributed by atoms with van der Waals surface area (Å²) in [4.78, 5) is 32.6. The Hall–Kier alpha value is -3.39. The van der Waals surface area contributed by atoms with Crippen molar-refractivity contribution in [1.29, 1.82) is 0 Å². The molecule has 1 aromatic heterocycles. The molecule has 0 spiro atoms. The molecule has 31 heavy (non-hydrogen) atoms. The van der Waals surface area contributed by atoms with Gasteiger partial charge in [-0.05, 0) is 41.1 Å². The summed E-state index contributed by atoms with van der Waals surface area (Å²) in [6, 6.07) is 15.4. The van der Waals surface area contributed by atoms with Gasteiger partial charge in [0.15, 0.2) is 0 Å². The maximum absolute atomic E-state index is 13.1. The summed E-state index contributed by atoms with van der Waals surface area (Å²) in [7, 11) is 3.95. The Bertz CT molecular complexity index is 1200. The number of fused-ring (bicyclic) bond motifs is 3. The number of para-hydroxylation sites is 1. The number of rotatable bonds is 5. The third-order valence-corrected chi connectivity index (χ3v) is 6.00. The monoisotopic (exact) mass is 434 g/mol. The summed E-state index contributed by atoms with van der Waals surface area (Å²) < 4.78 is 1.67. The van der Waals surface area contributed by atoms with Crippen molar-refractivity contribution < 1.29 is 9.48 Å². The van der Waals surface area contributed by atoms with E-state index in [1.165, 1.54) is 18.7 Å². The number of hydrogen-bond donors (Lipinski definition) is 1. The first-order valence-electron chi connectivity index (χ1n) is 9.88. The molecule has 2 heterocycles. The molecule has 158 valence electrons. The normalized spacial score (nSPS) is 14.5. The second kappa shape index (κ2) is 8.39. The number of hydrogen-bond acceptors (Lipinski definition) is 5. The van der Waals surface area contributed by atoms with Crippen LogP contribution < -0.4 is 20.0 Å². The quantitative estimate of drug-likeness (QED) is 0.380. The van der Waals surface area contributed by atoms with Crippen LogP contribution in [0, 0.1) is 0 Å². The fraction of sp³-hybridized carbons (Fsp3) is 0.217. The summed E-state index contributed by atoms with van der Waals surface area (Å²) in [5.41, 5.74) is 3.45. The second-order valence-corrected chi connectivity index (χ2v) is 8.43. The number of aromatic nitrogens is 3. The first kappa shape index (κ1) is 20.9. The fourth-order valence-electron chi connectivity index (χ4n) is 3.76. The van der Waals surface area contributed by atoms with Gasteiger partial charge in [0.05, 0.1) is 11.3 Å². The SMILES string of the molecule is C=CCSc1n[n+]2c(c(=O)[nH]1)-c1ccccc1N(C(C)=O)[C@@H]2c1ccc(N(C)C)cc1. The Kier molecular flexibility index (Phi) is 5.65. The number of nitrogens with one attached hydrogen (secondary N) is 1. The van der Waals surface area contributed by atoms with Crippen LogP contribution in [0.1, 0.15) is 18.7 Å². The van der Waals surface area contributed by atoms with Crippen LogP contribution in [0.3, 0.4) is 0 Å². The second-order valence-electron chi connectivity index (χ2n) is 7.42. The Morgan fingerprint density at radius 2 is 1.97 bits per heavy atom. The molecule has 0 saturated heterocycles. The lowest BCUT2D eigenvalue weighted by Crippen LogP contribution is -2.60. The van der Waals surface area contributed by atoms with E-state index in [0.717, 1.165) is 11.3 Å². The van der Waals surface area contributed by atoms with Crippen molar-refractivity contribution >= 4 is 29.0 Å². The molecule has 2 aromatic carbocycles. The highest BCUT2D eigenvalue weighted by molar-refractivity contribution is 7.99. The zero-order valence-electron chi connectivity index (χ0n) is 17.7. The number of carbonyl (C=O) groups is 1. The van der Waals surface area contributed by atoms with Crippen molar-refractivity contribution in [2.75, 3.05) is 29.6 Å². The minimum Gasteiger partial charge on any atom is -0.378 e. The lowest BCUT2D eigenvalue weighted by atomic mass is 10.0. The van der Waals surface area contributed by atoms with Gasteiger partial charge in [-0.1, -0.05) is 30.0 Å². The van der Waals surface area contributed by atoms with Gasteiger partial charge in [-0.25, -0.2) is 4.90 Å². The molecule has 0 bridgehead atoms. The van der Waals surface area contributed by atoms with Crippen LogP contribution in [-0.2, 0) is 4.79 Å². The fourth-order valence-corrected chi connectivity index (χ4v) is 4.35. The average Bonchev–Trinajstić information content (AvgIpc) is 2.76. The van der Waals surface area contributed by atoms with E-state index in [-0.39, 0.29) is 11.5 Å². The van der Waals surface area contributed by atoms with E-state index in [0.29, 0.717) is 27.9 Å². The zero-order chi connectivity index (χ0) is 22.1. The number of aromatic amines is 1. The van der Waals surface area contributed by atoms with Gasteiger partial charge in [-0.15, -0.1) is 6.58 Å². The third kappa shape index (κ3) is 3.74. The molecule has 0 fully saturated rings. The summed E-state index contributed by atoms with van der Waals surface area (Å²) in [6.07, 6.45) is 1.17. The molecular weight excluding hydrogens is 410 g/mol. The maximum Gasteiger partial charge on any atom is 0.325 e. The number of carbonyl (C=O) groups excluding carboxylic acids is 1. The van der Waals surface area contributed by atoms with Crippen LogP contribution in [0.5, 0.6) is 0 Å². The number of anilines is 2. The molecule has 0 saturated carbocycles. The molecule has 0 aliphatic carbocycles. The Labute approximate surface area is 185 Å². The summed E-state index contributed by atoms with van der Waals surface area (Å²) in [6.45, 7) is 5.26. The van der Waals surface area contributed by atoms with Crippen molar-refractivity contribution in [1.82, 2.24) is 10.1 Å². The lowest BCUT2D eigenvalue weighted by molar-refractivity contribution is -0.763. The van der Waals surface area contributed by atoms with Gasteiger partial charge in [0, 0.05) is 43.1 Å². The van der Waals surface area contributed by atoms with E-state index >= 15 is 0 Å². The molecule has 1 N–H and O–H groups in total. The van der Waals surface area contributed by atoms with Crippen molar-refractivity contribution in [2.24, 2.45) is 0 Å². The number of H-pyrrole nitrogens is 1. The van der Waals surface area contributed by atoms with Gasteiger partial charge in [0.1, 0.15) is 0 Å². The predicted molar refractivity (Wildman–Crippen MR) is 123 cm³/mol. The maximum atomic E-state index is 13.1. The molecule has 3 aromatic rings. The molecule has 0 radical (unpaired) electrons. The summed E-state index contributed by atoms with van der Waals surface area (Å²) in [5.74, 6) is 0.479. The van der Waals surface area contributed by atoms with Crippen LogP contribution in [0.25, 0.3) is 11.3 Å². The topological polar surface area (TPSA) is 73.2 Å². The molecule has 1 aliphatic rings. The van der Waals surface area contributed by atoms with E-state index in [9.17, 15) is 9.59 Å². The minimum absolute atomic E-state index is 0.130. The first-order chi connectivity index (χ1) is 14.9. The first-order valence-corrected chi connectivity index (χ1v) is 10.9. The van der Waals surface area contributed by atoms with Gasteiger partial charge in [-0.2, -0.15) is 0 Å². The van der Waals surface area contributed by atoms with Crippen molar-refractivity contribution in [3.05, 3.63) is 77.1 Å². The standard InChI is InChI=1S/C23H23N5O2S/c1-5-14-31-23-24-21(30)20-18-8-6-7-9-19(18)27(15(2)29)22(28(20)25-23)16-10-12-17(13-11-16)26(3)4/h5-13,22H,1,14H2,2-4H3/p+1/t22-/m0/s1. The Balaban J connectivity index is 1.99. The molecule has 7 nitrogen and oxygen atoms in total. The van der Waals surface area contributed by atoms with Gasteiger partial charge >= 0.3 is 11.3 Å². The molecule has 8 heteroatoms. The van der Waals surface area contributed by atoms with Crippen LogP contribution in [0.2, 0.25) is 0 Å². The van der Waals surface area contributed by atoms with E-state index in [4.69, 9.17) is 5.10 Å². The van der Waals surface area contributed by atoms with E-state index in [1.807, 2.05) is 67.5 Å². The largest absolute Gasteiger partial charge is 0.378 e.